The molecule has 3 nitrogen and oxygen atoms in total. The number of fused-ring (bicyclic) bond motifs is 1. The third-order valence-electron chi connectivity index (χ3n) is 3.73. The average Bonchev–Trinajstić information content (AvgIpc) is 2.48. The summed E-state index contributed by atoms with van der Waals surface area (Å²) in [6, 6.07) is 1.87. The van der Waals surface area contributed by atoms with Gasteiger partial charge in [0.2, 0.25) is 5.56 Å². The summed E-state index contributed by atoms with van der Waals surface area (Å²) < 4.78 is 78.5. The summed E-state index contributed by atoms with van der Waals surface area (Å²) in [6.45, 7) is 1.75. The van der Waals surface area contributed by atoms with Crippen LogP contribution in [0, 0.1) is 0 Å². The molecule has 1 heterocycles. The Kier molecular flexibility index (Phi) is 5.34. The first kappa shape index (κ1) is 19.1. The van der Waals surface area contributed by atoms with E-state index in [1.807, 2.05) is 0 Å². The van der Waals surface area contributed by atoms with Crippen molar-refractivity contribution in [1.82, 2.24) is 4.98 Å². The van der Waals surface area contributed by atoms with E-state index in [0.29, 0.717) is 18.9 Å². The van der Waals surface area contributed by atoms with Crippen molar-refractivity contribution < 1.29 is 26.3 Å². The van der Waals surface area contributed by atoms with Crippen LogP contribution >= 0.6 is 0 Å². The predicted octanol–water partition coefficient (Wildman–Crippen LogP) is 5.08. The van der Waals surface area contributed by atoms with E-state index in [4.69, 9.17) is 0 Å². The van der Waals surface area contributed by atoms with Crippen LogP contribution in [0.5, 0.6) is 0 Å². The van der Waals surface area contributed by atoms with Crippen LogP contribution in [0.15, 0.2) is 29.1 Å². The summed E-state index contributed by atoms with van der Waals surface area (Å²) >= 11 is 0. The monoisotopic (exact) mass is 366 g/mol. The van der Waals surface area contributed by atoms with E-state index in [-0.39, 0.29) is 23.0 Å². The van der Waals surface area contributed by atoms with Gasteiger partial charge in [0.25, 0.3) is 0 Å². The number of hydrogen-bond donors (Lipinski definition) is 2. The van der Waals surface area contributed by atoms with E-state index in [0.717, 1.165) is 12.1 Å². The van der Waals surface area contributed by atoms with Gasteiger partial charge in [0.15, 0.2) is 0 Å². The summed E-state index contributed by atoms with van der Waals surface area (Å²) in [7, 11) is 0. The number of pyridine rings is 1. The molecule has 0 aliphatic heterocycles. The molecule has 0 spiro atoms. The molecule has 2 rings (SSSR count). The highest BCUT2D eigenvalue weighted by Crippen LogP contribution is 2.35. The second-order valence-electron chi connectivity index (χ2n) is 5.69. The number of aromatic amines is 1. The average molecular weight is 366 g/mol. The second kappa shape index (κ2) is 6.97. The minimum absolute atomic E-state index is 0.0940. The highest BCUT2D eigenvalue weighted by atomic mass is 19.4. The van der Waals surface area contributed by atoms with Crippen molar-refractivity contribution in [1.29, 1.82) is 0 Å². The van der Waals surface area contributed by atoms with Crippen LogP contribution in [-0.2, 0) is 6.18 Å². The lowest BCUT2D eigenvalue weighted by Gasteiger charge is -2.23. The van der Waals surface area contributed by atoms with Gasteiger partial charge in [-0.05, 0) is 24.6 Å². The third kappa shape index (κ3) is 4.67. The highest BCUT2D eigenvalue weighted by molar-refractivity contribution is 5.85. The highest BCUT2D eigenvalue weighted by Gasteiger charge is 2.39. The Balaban J connectivity index is 2.46. The normalized spacial score (nSPS) is 13.9. The molecule has 1 aromatic carbocycles. The van der Waals surface area contributed by atoms with Crippen molar-refractivity contribution in [2.75, 3.05) is 5.32 Å². The van der Waals surface area contributed by atoms with Gasteiger partial charge in [-0.1, -0.05) is 19.8 Å². The zero-order valence-corrected chi connectivity index (χ0v) is 13.2. The van der Waals surface area contributed by atoms with Crippen LogP contribution in [0.25, 0.3) is 10.9 Å². The summed E-state index contributed by atoms with van der Waals surface area (Å²) in [4.78, 5) is 13.6. The van der Waals surface area contributed by atoms with Gasteiger partial charge in [0.1, 0.15) is 6.04 Å². The second-order valence-corrected chi connectivity index (χ2v) is 5.69. The first-order chi connectivity index (χ1) is 11.5. The Labute approximate surface area is 139 Å². The lowest BCUT2D eigenvalue weighted by molar-refractivity contribution is -0.144. The number of unbranched alkanes of at least 4 members (excludes halogenated alkanes) is 1. The van der Waals surface area contributed by atoms with Gasteiger partial charge < -0.3 is 10.3 Å². The van der Waals surface area contributed by atoms with Crippen molar-refractivity contribution in [2.45, 2.75) is 44.6 Å². The molecule has 1 aromatic heterocycles. The molecule has 0 radical (unpaired) electrons. The first-order valence-electron chi connectivity index (χ1n) is 7.60. The summed E-state index contributed by atoms with van der Waals surface area (Å²) in [5.41, 5.74) is -2.31. The topological polar surface area (TPSA) is 44.9 Å². The number of nitrogens with one attached hydrogen (secondary N) is 2. The minimum Gasteiger partial charge on any atom is -0.374 e. The fourth-order valence-electron chi connectivity index (χ4n) is 2.51. The zero-order chi connectivity index (χ0) is 18.8. The number of rotatable bonds is 5. The molecule has 2 aromatic rings. The molecule has 1 unspecified atom stereocenters. The molecule has 138 valence electrons. The van der Waals surface area contributed by atoms with Crippen LogP contribution in [0.2, 0.25) is 0 Å². The van der Waals surface area contributed by atoms with Gasteiger partial charge >= 0.3 is 12.4 Å². The fourth-order valence-corrected chi connectivity index (χ4v) is 2.51. The van der Waals surface area contributed by atoms with Crippen LogP contribution in [0.1, 0.15) is 31.7 Å². The molecule has 0 saturated carbocycles. The molecular weight excluding hydrogens is 350 g/mol. The van der Waals surface area contributed by atoms with Gasteiger partial charge in [0, 0.05) is 22.7 Å². The predicted molar refractivity (Wildman–Crippen MR) is 82.6 cm³/mol. The summed E-state index contributed by atoms with van der Waals surface area (Å²) in [5, 5.41) is 1.89. The maximum atomic E-state index is 13.1. The molecule has 1 atom stereocenters. The van der Waals surface area contributed by atoms with Gasteiger partial charge in [-0.15, -0.1) is 0 Å². The van der Waals surface area contributed by atoms with Crippen LogP contribution in [0.3, 0.4) is 0 Å². The fraction of sp³-hybridized carbons (Fsp3) is 0.438. The first-order valence-corrected chi connectivity index (χ1v) is 7.60. The lowest BCUT2D eigenvalue weighted by atomic mass is 10.1. The van der Waals surface area contributed by atoms with Crippen molar-refractivity contribution >= 4 is 16.6 Å². The molecule has 2 N–H and O–H groups in total. The molecule has 25 heavy (non-hydrogen) atoms. The minimum atomic E-state index is -4.79. The molecule has 0 amide bonds. The van der Waals surface area contributed by atoms with E-state index in [1.165, 1.54) is 6.07 Å². The Bertz CT molecular complexity index is 794. The Hall–Kier alpha value is -2.19. The van der Waals surface area contributed by atoms with Gasteiger partial charge in [0.05, 0.1) is 5.56 Å². The van der Waals surface area contributed by atoms with E-state index in [9.17, 15) is 31.1 Å². The molecular formula is C16H16F6N2O. The molecule has 9 heteroatoms. The van der Waals surface area contributed by atoms with E-state index < -0.39 is 29.5 Å². The number of hydrogen-bond acceptors (Lipinski definition) is 2. The molecule has 0 bridgehead atoms. The van der Waals surface area contributed by atoms with Crippen molar-refractivity contribution in [2.24, 2.45) is 0 Å². The standard InChI is InChI=1S/C16H16F6N2O/c1-2-3-4-13(16(20,21)22)23-9-5-6-12-10(7-9)11(15(17,18)19)8-14(25)24-12/h5-8,13,23H,2-4H2,1H3,(H,24,25). The molecule has 0 saturated heterocycles. The molecule has 0 aliphatic rings. The quantitative estimate of drug-likeness (QED) is 0.725. The SMILES string of the molecule is CCCCC(Nc1ccc2[nH]c(=O)cc(C(F)(F)F)c2c1)C(F)(F)F. The number of alkyl halides is 6. The number of anilines is 1. The maximum absolute atomic E-state index is 13.1. The van der Waals surface area contributed by atoms with Gasteiger partial charge in [-0.3, -0.25) is 4.79 Å². The largest absolute Gasteiger partial charge is 0.417 e. The number of halogens is 6. The number of H-pyrrole nitrogens is 1. The molecule has 0 aliphatic carbocycles. The number of benzene rings is 1. The van der Waals surface area contributed by atoms with Gasteiger partial charge in [-0.2, -0.15) is 26.3 Å². The summed E-state index contributed by atoms with van der Waals surface area (Å²) in [6.07, 6.45) is -8.62. The van der Waals surface area contributed by atoms with E-state index in [2.05, 4.69) is 10.3 Å². The summed E-state index contributed by atoms with van der Waals surface area (Å²) in [5.74, 6) is 0. The van der Waals surface area contributed by atoms with Crippen LogP contribution < -0.4 is 10.9 Å². The Morgan fingerprint density at radius 1 is 1.12 bits per heavy atom. The zero-order valence-electron chi connectivity index (χ0n) is 13.2. The van der Waals surface area contributed by atoms with E-state index >= 15 is 0 Å². The number of aromatic nitrogens is 1. The Morgan fingerprint density at radius 2 is 1.80 bits per heavy atom. The van der Waals surface area contributed by atoms with Crippen molar-refractivity contribution in [3.05, 3.63) is 40.2 Å². The lowest BCUT2D eigenvalue weighted by Crippen LogP contribution is -2.36. The smallest absolute Gasteiger partial charge is 0.374 e. The van der Waals surface area contributed by atoms with Crippen LogP contribution in [0.4, 0.5) is 32.0 Å². The van der Waals surface area contributed by atoms with E-state index in [1.54, 1.807) is 6.92 Å². The van der Waals surface area contributed by atoms with Crippen molar-refractivity contribution in [3.8, 4) is 0 Å². The van der Waals surface area contributed by atoms with Crippen LogP contribution in [-0.4, -0.2) is 17.2 Å². The maximum Gasteiger partial charge on any atom is 0.417 e. The third-order valence-corrected chi connectivity index (χ3v) is 3.73. The Morgan fingerprint density at radius 3 is 2.36 bits per heavy atom. The van der Waals surface area contributed by atoms with Crippen molar-refractivity contribution in [3.63, 3.8) is 0 Å². The van der Waals surface area contributed by atoms with Gasteiger partial charge in [-0.25, -0.2) is 0 Å². The molecule has 0 fully saturated rings.